The highest BCUT2D eigenvalue weighted by Crippen LogP contribution is 2.29. The number of hydrogen-bond acceptors (Lipinski definition) is 8. The Morgan fingerprint density at radius 2 is 1.70 bits per heavy atom. The van der Waals surface area contributed by atoms with Crippen LogP contribution in [-0.2, 0) is 9.53 Å². The van der Waals surface area contributed by atoms with Crippen molar-refractivity contribution in [3.05, 3.63) is 88.9 Å². The van der Waals surface area contributed by atoms with Crippen LogP contribution in [0.4, 0.5) is 0 Å². The van der Waals surface area contributed by atoms with E-state index in [9.17, 15) is 9.59 Å². The third-order valence-corrected chi connectivity index (χ3v) is 6.31. The molecule has 1 aromatic heterocycles. The Morgan fingerprint density at radius 1 is 1.00 bits per heavy atom. The highest BCUT2D eigenvalue weighted by molar-refractivity contribution is 7.99. The van der Waals surface area contributed by atoms with E-state index in [0.29, 0.717) is 27.1 Å². The lowest BCUT2D eigenvalue weighted by molar-refractivity contribution is -0.118. The highest BCUT2D eigenvalue weighted by Gasteiger charge is 2.17. The molecule has 11 heteroatoms. The molecule has 0 radical (unpaired) electrons. The Kier molecular flexibility index (Phi) is 8.55. The predicted molar refractivity (Wildman–Crippen MR) is 143 cm³/mol. The maximum absolute atomic E-state index is 12.4. The number of carbonyl (C=O) groups excluding carboxylic acids is 2. The van der Waals surface area contributed by atoms with Crippen molar-refractivity contribution in [3.63, 3.8) is 0 Å². The van der Waals surface area contributed by atoms with E-state index in [4.69, 9.17) is 16.3 Å². The van der Waals surface area contributed by atoms with Crippen LogP contribution in [0.25, 0.3) is 17.1 Å². The fraction of sp³-hybridized carbons (Fsp3) is 0.115. The second kappa shape index (κ2) is 12.2. The molecule has 1 heterocycles. The predicted octanol–water partition coefficient (Wildman–Crippen LogP) is 4.63. The average molecular weight is 536 g/mol. The van der Waals surface area contributed by atoms with Crippen LogP contribution in [0, 0.1) is 0 Å². The van der Waals surface area contributed by atoms with Crippen LogP contribution in [0.2, 0.25) is 5.02 Å². The summed E-state index contributed by atoms with van der Waals surface area (Å²) < 4.78 is 11.8. The van der Waals surface area contributed by atoms with Gasteiger partial charge in [0.15, 0.2) is 11.0 Å². The summed E-state index contributed by atoms with van der Waals surface area (Å²) in [6.45, 7) is 0. The summed E-state index contributed by atoms with van der Waals surface area (Å²) in [5.74, 6) is 0.667. The Labute approximate surface area is 222 Å². The zero-order chi connectivity index (χ0) is 26.2. The molecule has 4 rings (SSSR count). The molecule has 0 fully saturated rings. The van der Waals surface area contributed by atoms with E-state index in [1.165, 1.54) is 25.1 Å². The molecule has 188 valence electrons. The number of hydrogen-bond donors (Lipinski definition) is 1. The molecule has 0 aliphatic carbocycles. The van der Waals surface area contributed by atoms with Gasteiger partial charge in [0.25, 0.3) is 5.91 Å². The molecule has 0 saturated carbocycles. The van der Waals surface area contributed by atoms with Crippen LogP contribution in [0.1, 0.15) is 15.9 Å². The number of thioether (sulfide) groups is 1. The highest BCUT2D eigenvalue weighted by atomic mass is 35.5. The van der Waals surface area contributed by atoms with Gasteiger partial charge < -0.3 is 9.47 Å². The van der Waals surface area contributed by atoms with Gasteiger partial charge in [-0.2, -0.15) is 5.10 Å². The molecular formula is C26H22ClN5O4S. The smallest absolute Gasteiger partial charge is 0.337 e. The third-order valence-electron chi connectivity index (χ3n) is 5.13. The molecule has 0 atom stereocenters. The van der Waals surface area contributed by atoms with Gasteiger partial charge in [0.1, 0.15) is 5.75 Å². The van der Waals surface area contributed by atoms with Gasteiger partial charge in [0.2, 0.25) is 0 Å². The first kappa shape index (κ1) is 25.9. The molecule has 3 aromatic carbocycles. The largest absolute Gasteiger partial charge is 0.497 e. The summed E-state index contributed by atoms with van der Waals surface area (Å²) in [4.78, 5) is 24.0. The number of nitrogens with one attached hydrogen (secondary N) is 1. The first-order chi connectivity index (χ1) is 18.0. The molecule has 0 unspecified atom stereocenters. The van der Waals surface area contributed by atoms with Crippen molar-refractivity contribution in [2.24, 2.45) is 5.10 Å². The quantitative estimate of drug-likeness (QED) is 0.144. The number of esters is 1. The minimum atomic E-state index is -0.421. The van der Waals surface area contributed by atoms with E-state index in [2.05, 4.69) is 25.5 Å². The number of aromatic nitrogens is 3. The van der Waals surface area contributed by atoms with Crippen LogP contribution in [0.15, 0.2) is 83.1 Å². The van der Waals surface area contributed by atoms with Crippen molar-refractivity contribution in [2.75, 3.05) is 20.0 Å². The maximum Gasteiger partial charge on any atom is 0.337 e. The van der Waals surface area contributed by atoms with Gasteiger partial charge in [-0.1, -0.05) is 35.5 Å². The Bertz CT molecular complexity index is 1400. The van der Waals surface area contributed by atoms with Crippen molar-refractivity contribution in [3.8, 4) is 22.8 Å². The Hall–Kier alpha value is -4.15. The monoisotopic (exact) mass is 535 g/mol. The fourth-order valence-corrected chi connectivity index (χ4v) is 4.15. The molecule has 0 aliphatic rings. The van der Waals surface area contributed by atoms with Crippen molar-refractivity contribution >= 4 is 41.5 Å². The van der Waals surface area contributed by atoms with Gasteiger partial charge in [0, 0.05) is 16.3 Å². The topological polar surface area (TPSA) is 108 Å². The number of halogens is 1. The van der Waals surface area contributed by atoms with Crippen LogP contribution in [-0.4, -0.2) is 52.8 Å². The van der Waals surface area contributed by atoms with E-state index in [1.54, 1.807) is 43.5 Å². The molecular weight excluding hydrogens is 514 g/mol. The van der Waals surface area contributed by atoms with Crippen LogP contribution >= 0.6 is 23.4 Å². The Balaban J connectivity index is 1.46. The molecule has 9 nitrogen and oxygen atoms in total. The average Bonchev–Trinajstić information content (AvgIpc) is 3.36. The molecule has 37 heavy (non-hydrogen) atoms. The van der Waals surface area contributed by atoms with Gasteiger partial charge in [-0.25, -0.2) is 10.2 Å². The third kappa shape index (κ3) is 6.54. The normalized spacial score (nSPS) is 10.9. The second-order valence-corrected chi connectivity index (χ2v) is 8.92. The van der Waals surface area contributed by atoms with Gasteiger partial charge in [-0.05, 0) is 66.2 Å². The summed E-state index contributed by atoms with van der Waals surface area (Å²) in [6.07, 6.45) is 1.49. The number of amides is 1. The first-order valence-corrected chi connectivity index (χ1v) is 12.3. The lowest BCUT2D eigenvalue weighted by atomic mass is 10.1. The number of ether oxygens (including phenoxy) is 2. The van der Waals surface area contributed by atoms with Crippen LogP contribution < -0.4 is 10.2 Å². The van der Waals surface area contributed by atoms with Crippen molar-refractivity contribution in [2.45, 2.75) is 5.16 Å². The number of rotatable bonds is 9. The molecule has 4 aromatic rings. The molecule has 0 aliphatic heterocycles. The van der Waals surface area contributed by atoms with Gasteiger partial charge in [-0.3, -0.25) is 9.36 Å². The van der Waals surface area contributed by atoms with E-state index in [0.717, 1.165) is 17.0 Å². The summed E-state index contributed by atoms with van der Waals surface area (Å²) in [6, 6.07) is 21.4. The first-order valence-electron chi connectivity index (χ1n) is 11.0. The fourth-order valence-electron chi connectivity index (χ4n) is 3.28. The van der Waals surface area contributed by atoms with Crippen molar-refractivity contribution in [1.82, 2.24) is 20.2 Å². The Morgan fingerprint density at radius 3 is 2.35 bits per heavy atom. The number of nitrogens with zero attached hydrogens (tertiary/aromatic N) is 4. The standard InChI is InChI=1S/C26H22ClN5O4S/c1-35-22-13-7-18(8-14-22)24-30-31-26(32(24)21-11-9-20(27)10-12-21)37-16-23(33)29-28-15-17-3-5-19(6-4-17)25(34)36-2/h3-15H,16H2,1-2H3,(H,29,33)/b28-15-. The van der Waals surface area contributed by atoms with Gasteiger partial charge >= 0.3 is 5.97 Å². The lowest BCUT2D eigenvalue weighted by Gasteiger charge is -2.11. The van der Waals surface area contributed by atoms with E-state index in [-0.39, 0.29) is 11.7 Å². The summed E-state index contributed by atoms with van der Waals surface area (Å²) in [7, 11) is 2.93. The molecule has 0 bridgehead atoms. The maximum atomic E-state index is 12.4. The molecule has 1 amide bonds. The van der Waals surface area contributed by atoms with Crippen LogP contribution in [0.5, 0.6) is 5.75 Å². The molecule has 1 N–H and O–H groups in total. The van der Waals surface area contributed by atoms with E-state index >= 15 is 0 Å². The summed E-state index contributed by atoms with van der Waals surface area (Å²) >= 11 is 7.31. The van der Waals surface area contributed by atoms with Crippen molar-refractivity contribution in [1.29, 1.82) is 0 Å². The number of hydrazone groups is 1. The number of carbonyl (C=O) groups is 2. The van der Waals surface area contributed by atoms with E-state index < -0.39 is 5.97 Å². The zero-order valence-electron chi connectivity index (χ0n) is 19.9. The molecule has 0 saturated heterocycles. The summed E-state index contributed by atoms with van der Waals surface area (Å²) in [5, 5.41) is 13.8. The number of benzene rings is 3. The van der Waals surface area contributed by atoms with E-state index in [1.807, 2.05) is 41.0 Å². The van der Waals surface area contributed by atoms with Gasteiger partial charge in [-0.15, -0.1) is 10.2 Å². The van der Waals surface area contributed by atoms with Gasteiger partial charge in [0.05, 0.1) is 31.8 Å². The minimum Gasteiger partial charge on any atom is -0.497 e. The van der Waals surface area contributed by atoms with Crippen LogP contribution in [0.3, 0.4) is 0 Å². The minimum absolute atomic E-state index is 0.0625. The SMILES string of the molecule is COC(=O)c1ccc(/C=N\NC(=O)CSc2nnc(-c3ccc(OC)cc3)n2-c2ccc(Cl)cc2)cc1. The zero-order valence-corrected chi connectivity index (χ0v) is 21.5. The molecule has 0 spiro atoms. The lowest BCUT2D eigenvalue weighted by Crippen LogP contribution is -2.20. The number of methoxy groups -OCH3 is 2. The summed E-state index contributed by atoms with van der Waals surface area (Å²) in [5.41, 5.74) is 5.28. The van der Waals surface area contributed by atoms with Crippen molar-refractivity contribution < 1.29 is 19.1 Å². The second-order valence-electron chi connectivity index (χ2n) is 7.54.